The molecule has 0 saturated heterocycles. The molecule has 0 saturated carbocycles. The highest BCUT2D eigenvalue weighted by molar-refractivity contribution is 6.12. The fourth-order valence-corrected chi connectivity index (χ4v) is 6.04. The molecule has 0 fully saturated rings. The number of hydrogen-bond donors (Lipinski definition) is 0. The lowest BCUT2D eigenvalue weighted by atomic mass is 9.63. The summed E-state index contributed by atoms with van der Waals surface area (Å²) < 4.78 is 8.95. The van der Waals surface area contributed by atoms with Gasteiger partial charge in [-0.05, 0) is 58.9 Å². The van der Waals surface area contributed by atoms with Crippen LogP contribution in [0.3, 0.4) is 0 Å². The molecule has 0 atom stereocenters. The number of fused-ring (bicyclic) bond motifs is 4. The van der Waals surface area contributed by atoms with E-state index in [0.717, 1.165) is 22.2 Å². The zero-order valence-electron chi connectivity index (χ0n) is 21.7. The van der Waals surface area contributed by atoms with Crippen molar-refractivity contribution >= 4 is 21.9 Å². The van der Waals surface area contributed by atoms with Gasteiger partial charge in [0.05, 0.1) is 5.56 Å². The van der Waals surface area contributed by atoms with E-state index in [0.29, 0.717) is 0 Å². The SMILES string of the molecule is Cc1ccccc1-c1c2oc3c(-c4ccc5c(c4)C(C)(C)CCC5(C)C)cccc3c2cc[n+]1C. The van der Waals surface area contributed by atoms with E-state index in [1.54, 1.807) is 0 Å². The monoisotopic (exact) mass is 460 g/mol. The highest BCUT2D eigenvalue weighted by Gasteiger charge is 2.37. The van der Waals surface area contributed by atoms with Gasteiger partial charge in [-0.3, -0.25) is 0 Å². The predicted octanol–water partition coefficient (Wildman–Crippen LogP) is 8.40. The van der Waals surface area contributed by atoms with Crippen LogP contribution in [-0.2, 0) is 17.9 Å². The second-order valence-electron chi connectivity index (χ2n) is 11.6. The van der Waals surface area contributed by atoms with Crippen molar-refractivity contribution in [2.24, 2.45) is 7.05 Å². The highest BCUT2D eigenvalue weighted by Crippen LogP contribution is 2.47. The number of pyridine rings is 1. The summed E-state index contributed by atoms with van der Waals surface area (Å²) in [5, 5.41) is 2.34. The minimum absolute atomic E-state index is 0.175. The number of para-hydroxylation sites is 1. The highest BCUT2D eigenvalue weighted by atomic mass is 16.3. The summed E-state index contributed by atoms with van der Waals surface area (Å²) in [6.45, 7) is 11.7. The molecule has 2 heteroatoms. The second-order valence-corrected chi connectivity index (χ2v) is 11.6. The Morgan fingerprint density at radius 3 is 2.17 bits per heavy atom. The van der Waals surface area contributed by atoms with Crippen LogP contribution in [0.15, 0.2) is 77.3 Å². The number of aromatic nitrogens is 1. The summed E-state index contributed by atoms with van der Waals surface area (Å²) in [6.07, 6.45) is 4.58. The lowest BCUT2D eigenvalue weighted by Gasteiger charge is -2.42. The van der Waals surface area contributed by atoms with Crippen LogP contribution in [0, 0.1) is 6.92 Å². The number of benzene rings is 3. The van der Waals surface area contributed by atoms with E-state index in [-0.39, 0.29) is 10.8 Å². The number of hydrogen-bond acceptors (Lipinski definition) is 1. The first-order valence-electron chi connectivity index (χ1n) is 12.7. The molecule has 1 aliphatic rings. The van der Waals surface area contributed by atoms with Crippen molar-refractivity contribution in [3.8, 4) is 22.4 Å². The molecule has 3 aromatic carbocycles. The molecule has 0 spiro atoms. The summed E-state index contributed by atoms with van der Waals surface area (Å²) in [7, 11) is 2.10. The van der Waals surface area contributed by atoms with E-state index in [1.165, 1.54) is 51.6 Å². The normalized spacial score (nSPS) is 16.5. The standard InChI is InChI=1S/C33H34NO/c1-21-10-7-8-11-23(21)29-31-26(16-19-34(29)6)25-13-9-12-24(30(25)35-31)22-14-15-27-28(20-22)33(4,5)18-17-32(27,2)3/h7-16,19-20H,17-18H2,1-6H3/q+1. The maximum Gasteiger partial charge on any atom is 0.256 e. The van der Waals surface area contributed by atoms with Crippen LogP contribution >= 0.6 is 0 Å². The maximum absolute atomic E-state index is 6.78. The zero-order valence-corrected chi connectivity index (χ0v) is 21.7. The molecule has 0 radical (unpaired) electrons. The van der Waals surface area contributed by atoms with Crippen LogP contribution in [0.5, 0.6) is 0 Å². The smallest absolute Gasteiger partial charge is 0.256 e. The first-order chi connectivity index (χ1) is 16.7. The first kappa shape index (κ1) is 22.1. The topological polar surface area (TPSA) is 17.0 Å². The molecule has 35 heavy (non-hydrogen) atoms. The van der Waals surface area contributed by atoms with E-state index in [2.05, 4.69) is 119 Å². The summed E-state index contributed by atoms with van der Waals surface area (Å²) in [4.78, 5) is 0. The van der Waals surface area contributed by atoms with Crippen LogP contribution in [0.1, 0.15) is 57.2 Å². The summed E-state index contributed by atoms with van der Waals surface area (Å²) in [5.41, 5.74) is 11.3. The average molecular weight is 461 g/mol. The molecule has 6 rings (SSSR count). The minimum atomic E-state index is 0.175. The van der Waals surface area contributed by atoms with Gasteiger partial charge in [-0.1, -0.05) is 82.3 Å². The van der Waals surface area contributed by atoms with Gasteiger partial charge < -0.3 is 4.42 Å². The Hall–Kier alpha value is -3.39. The molecule has 2 nitrogen and oxygen atoms in total. The third kappa shape index (κ3) is 3.34. The average Bonchev–Trinajstić information content (AvgIpc) is 3.21. The maximum atomic E-state index is 6.78. The number of nitrogens with zero attached hydrogens (tertiary/aromatic N) is 1. The van der Waals surface area contributed by atoms with Gasteiger partial charge in [-0.25, -0.2) is 0 Å². The number of rotatable bonds is 2. The summed E-state index contributed by atoms with van der Waals surface area (Å²) in [5.74, 6) is 0. The Bertz CT molecular complexity index is 1620. The Morgan fingerprint density at radius 2 is 1.40 bits per heavy atom. The van der Waals surface area contributed by atoms with E-state index >= 15 is 0 Å². The molecule has 0 bridgehead atoms. The Kier molecular flexibility index (Phi) is 4.77. The van der Waals surface area contributed by atoms with Crippen molar-refractivity contribution in [1.82, 2.24) is 0 Å². The molecule has 176 valence electrons. The van der Waals surface area contributed by atoms with Crippen molar-refractivity contribution in [3.63, 3.8) is 0 Å². The van der Waals surface area contributed by atoms with Gasteiger partial charge in [0.15, 0.2) is 6.20 Å². The third-order valence-corrected chi connectivity index (χ3v) is 8.35. The Labute approximate surface area is 208 Å². The van der Waals surface area contributed by atoms with Crippen molar-refractivity contribution in [2.75, 3.05) is 0 Å². The first-order valence-corrected chi connectivity index (χ1v) is 12.7. The van der Waals surface area contributed by atoms with E-state index in [9.17, 15) is 0 Å². The van der Waals surface area contributed by atoms with Crippen LogP contribution < -0.4 is 4.57 Å². The van der Waals surface area contributed by atoms with E-state index in [4.69, 9.17) is 4.42 Å². The molecule has 0 N–H and O–H groups in total. The van der Waals surface area contributed by atoms with Gasteiger partial charge in [0.2, 0.25) is 5.58 Å². The van der Waals surface area contributed by atoms with Gasteiger partial charge in [0.1, 0.15) is 12.6 Å². The van der Waals surface area contributed by atoms with E-state index < -0.39 is 0 Å². The van der Waals surface area contributed by atoms with Crippen molar-refractivity contribution in [1.29, 1.82) is 0 Å². The molecule has 5 aromatic rings. The van der Waals surface area contributed by atoms with Crippen LogP contribution in [0.2, 0.25) is 0 Å². The minimum Gasteiger partial charge on any atom is -0.448 e. The molecule has 0 aliphatic heterocycles. The van der Waals surface area contributed by atoms with E-state index in [1.807, 2.05) is 0 Å². The fourth-order valence-electron chi connectivity index (χ4n) is 6.04. The number of furan rings is 1. The third-order valence-electron chi connectivity index (χ3n) is 8.35. The molecule has 2 aromatic heterocycles. The quantitative estimate of drug-likeness (QED) is 0.242. The van der Waals surface area contributed by atoms with Crippen molar-refractivity contribution in [2.45, 2.75) is 58.3 Å². The lowest BCUT2D eigenvalue weighted by Crippen LogP contribution is -2.33. The van der Waals surface area contributed by atoms with Gasteiger partial charge in [0.25, 0.3) is 5.69 Å². The zero-order chi connectivity index (χ0) is 24.5. The van der Waals surface area contributed by atoms with Crippen LogP contribution in [0.25, 0.3) is 44.3 Å². The lowest BCUT2D eigenvalue weighted by molar-refractivity contribution is -0.659. The second kappa shape index (κ2) is 7.55. The van der Waals surface area contributed by atoms with Gasteiger partial charge in [-0.2, -0.15) is 4.57 Å². The Morgan fingerprint density at radius 1 is 0.714 bits per heavy atom. The largest absolute Gasteiger partial charge is 0.448 e. The van der Waals surface area contributed by atoms with Gasteiger partial charge in [0, 0.05) is 22.4 Å². The summed E-state index contributed by atoms with van der Waals surface area (Å²) in [6, 6.07) is 24.4. The molecular formula is C33H34NO+. The Balaban J connectivity index is 1.62. The van der Waals surface area contributed by atoms with Gasteiger partial charge in [-0.15, -0.1) is 0 Å². The number of aryl methyl sites for hydroxylation is 2. The molecule has 0 unspecified atom stereocenters. The van der Waals surface area contributed by atoms with Crippen LogP contribution in [0.4, 0.5) is 0 Å². The van der Waals surface area contributed by atoms with Gasteiger partial charge >= 0.3 is 0 Å². The van der Waals surface area contributed by atoms with Crippen molar-refractivity contribution < 1.29 is 8.98 Å². The fraction of sp³-hybridized carbons (Fsp3) is 0.303. The molecule has 1 aliphatic carbocycles. The van der Waals surface area contributed by atoms with Crippen molar-refractivity contribution in [3.05, 3.63) is 89.6 Å². The molecule has 0 amide bonds. The predicted molar refractivity (Wildman–Crippen MR) is 146 cm³/mol. The summed E-state index contributed by atoms with van der Waals surface area (Å²) >= 11 is 0. The van der Waals surface area contributed by atoms with Crippen LogP contribution in [-0.4, -0.2) is 0 Å². The molecular weight excluding hydrogens is 426 g/mol. The molecule has 2 heterocycles.